The van der Waals surface area contributed by atoms with Crippen molar-refractivity contribution < 1.29 is 0 Å². The van der Waals surface area contributed by atoms with Crippen LogP contribution < -0.4 is 0 Å². The van der Waals surface area contributed by atoms with E-state index in [4.69, 9.17) is 12.8 Å². The van der Waals surface area contributed by atoms with E-state index in [1.807, 2.05) is 0 Å². The SMILES string of the molecule is C#CCCCc1ccc(CCCC#C)cc1. The molecule has 0 nitrogen and oxygen atoms in total. The summed E-state index contributed by atoms with van der Waals surface area (Å²) in [6.45, 7) is 0. The zero-order valence-corrected chi connectivity index (χ0v) is 9.71. The first-order valence-electron chi connectivity index (χ1n) is 5.81. The minimum Gasteiger partial charge on any atom is -0.120 e. The summed E-state index contributed by atoms with van der Waals surface area (Å²) in [4.78, 5) is 0. The number of benzene rings is 1. The van der Waals surface area contributed by atoms with Crippen LogP contribution in [0.15, 0.2) is 24.3 Å². The van der Waals surface area contributed by atoms with Crippen molar-refractivity contribution in [3.05, 3.63) is 35.4 Å². The lowest BCUT2D eigenvalue weighted by Crippen LogP contribution is -1.88. The second-order valence-electron chi connectivity index (χ2n) is 3.93. The Balaban J connectivity index is 2.36. The van der Waals surface area contributed by atoms with Crippen molar-refractivity contribution in [2.75, 3.05) is 0 Å². The van der Waals surface area contributed by atoms with Gasteiger partial charge in [0, 0.05) is 12.8 Å². The fraction of sp³-hybridized carbons (Fsp3) is 0.375. The van der Waals surface area contributed by atoms with E-state index >= 15 is 0 Å². The van der Waals surface area contributed by atoms with Crippen LogP contribution in [0.3, 0.4) is 0 Å². The molecular formula is C16H18. The van der Waals surface area contributed by atoms with E-state index < -0.39 is 0 Å². The summed E-state index contributed by atoms with van der Waals surface area (Å²) < 4.78 is 0. The maximum absolute atomic E-state index is 5.22. The summed E-state index contributed by atoms with van der Waals surface area (Å²) >= 11 is 0. The Hall–Kier alpha value is -1.66. The molecule has 0 N–H and O–H groups in total. The Kier molecular flexibility index (Phi) is 5.90. The maximum Gasteiger partial charge on any atom is 0.00892 e. The monoisotopic (exact) mass is 210 g/mol. The third-order valence-corrected chi connectivity index (χ3v) is 2.60. The summed E-state index contributed by atoms with van der Waals surface area (Å²) in [6.07, 6.45) is 16.5. The average molecular weight is 210 g/mol. The molecule has 0 saturated carbocycles. The average Bonchev–Trinajstić information content (AvgIpc) is 2.32. The van der Waals surface area contributed by atoms with Crippen LogP contribution in [0.5, 0.6) is 0 Å². The van der Waals surface area contributed by atoms with Gasteiger partial charge in [0.15, 0.2) is 0 Å². The molecule has 0 aliphatic rings. The second-order valence-corrected chi connectivity index (χ2v) is 3.93. The number of hydrogen-bond acceptors (Lipinski definition) is 0. The van der Waals surface area contributed by atoms with Gasteiger partial charge in [0.1, 0.15) is 0 Å². The predicted octanol–water partition coefficient (Wildman–Crippen LogP) is 3.60. The molecule has 0 aromatic heterocycles. The Morgan fingerprint density at radius 1 is 0.750 bits per heavy atom. The summed E-state index contributed by atoms with van der Waals surface area (Å²) in [5.74, 6) is 5.33. The van der Waals surface area contributed by atoms with Crippen LogP contribution in [0.4, 0.5) is 0 Å². The van der Waals surface area contributed by atoms with Crippen LogP contribution in [-0.2, 0) is 12.8 Å². The maximum atomic E-state index is 5.22. The fourth-order valence-electron chi connectivity index (χ4n) is 1.66. The third-order valence-electron chi connectivity index (χ3n) is 2.60. The van der Waals surface area contributed by atoms with Gasteiger partial charge < -0.3 is 0 Å². The van der Waals surface area contributed by atoms with Gasteiger partial charge in [-0.05, 0) is 36.8 Å². The summed E-state index contributed by atoms with van der Waals surface area (Å²) in [5.41, 5.74) is 2.74. The van der Waals surface area contributed by atoms with Gasteiger partial charge in [0.25, 0.3) is 0 Å². The Bertz CT molecular complexity index is 331. The Morgan fingerprint density at radius 3 is 1.44 bits per heavy atom. The molecule has 0 aliphatic carbocycles. The van der Waals surface area contributed by atoms with Gasteiger partial charge in [-0.1, -0.05) is 24.3 Å². The zero-order chi connectivity index (χ0) is 11.6. The quantitative estimate of drug-likeness (QED) is 0.497. The van der Waals surface area contributed by atoms with Crippen LogP contribution in [-0.4, -0.2) is 0 Å². The van der Waals surface area contributed by atoms with Gasteiger partial charge >= 0.3 is 0 Å². The van der Waals surface area contributed by atoms with Crippen molar-refractivity contribution in [1.82, 2.24) is 0 Å². The number of unbranched alkanes of at least 4 members (excludes halogenated alkanes) is 2. The highest BCUT2D eigenvalue weighted by atomic mass is 14.0. The van der Waals surface area contributed by atoms with E-state index in [1.165, 1.54) is 11.1 Å². The van der Waals surface area contributed by atoms with Gasteiger partial charge in [-0.2, -0.15) is 0 Å². The fourth-order valence-corrected chi connectivity index (χ4v) is 1.66. The van der Waals surface area contributed by atoms with E-state index in [1.54, 1.807) is 0 Å². The summed E-state index contributed by atoms with van der Waals surface area (Å²) in [7, 11) is 0. The molecule has 16 heavy (non-hydrogen) atoms. The van der Waals surface area contributed by atoms with Crippen LogP contribution in [0, 0.1) is 24.7 Å². The first-order chi connectivity index (χ1) is 7.86. The topological polar surface area (TPSA) is 0 Å². The molecule has 0 atom stereocenters. The molecule has 0 bridgehead atoms. The lowest BCUT2D eigenvalue weighted by molar-refractivity contribution is 0.845. The molecule has 0 radical (unpaired) electrons. The van der Waals surface area contributed by atoms with Gasteiger partial charge in [-0.25, -0.2) is 0 Å². The minimum absolute atomic E-state index is 0.865. The molecule has 0 heterocycles. The first-order valence-corrected chi connectivity index (χ1v) is 5.81. The van der Waals surface area contributed by atoms with E-state index in [0.717, 1.165) is 38.5 Å². The molecular weight excluding hydrogens is 192 g/mol. The standard InChI is InChI=1S/C16H18/c1-3-5-7-9-15-11-13-16(14-12-15)10-8-6-4-2/h1-2,11-14H,5-10H2. The van der Waals surface area contributed by atoms with E-state index in [0.29, 0.717) is 0 Å². The molecule has 0 aliphatic heterocycles. The van der Waals surface area contributed by atoms with Gasteiger partial charge in [0.2, 0.25) is 0 Å². The number of aryl methyl sites for hydroxylation is 2. The predicted molar refractivity (Wildman–Crippen MR) is 70.0 cm³/mol. The minimum atomic E-state index is 0.865. The summed E-state index contributed by atoms with van der Waals surface area (Å²) in [6, 6.07) is 8.78. The number of terminal acetylenes is 2. The largest absolute Gasteiger partial charge is 0.120 e. The zero-order valence-electron chi connectivity index (χ0n) is 9.71. The molecule has 1 aromatic carbocycles. The molecule has 0 spiro atoms. The third kappa shape index (κ3) is 4.72. The van der Waals surface area contributed by atoms with Crippen molar-refractivity contribution in [3.63, 3.8) is 0 Å². The van der Waals surface area contributed by atoms with Crippen molar-refractivity contribution in [2.45, 2.75) is 38.5 Å². The molecule has 0 saturated heterocycles. The van der Waals surface area contributed by atoms with Crippen molar-refractivity contribution in [2.24, 2.45) is 0 Å². The lowest BCUT2D eigenvalue weighted by atomic mass is 10.0. The van der Waals surface area contributed by atoms with Gasteiger partial charge in [0.05, 0.1) is 0 Å². The van der Waals surface area contributed by atoms with Crippen LogP contribution >= 0.6 is 0 Å². The number of hydrogen-bond donors (Lipinski definition) is 0. The smallest absolute Gasteiger partial charge is 0.00892 e. The highest BCUT2D eigenvalue weighted by molar-refractivity contribution is 5.22. The van der Waals surface area contributed by atoms with Gasteiger partial charge in [-0.15, -0.1) is 24.7 Å². The molecule has 1 aromatic rings. The molecule has 0 heteroatoms. The Labute approximate surface area is 99.1 Å². The number of rotatable bonds is 6. The van der Waals surface area contributed by atoms with Crippen molar-refractivity contribution in [3.8, 4) is 24.7 Å². The second kappa shape index (κ2) is 7.61. The molecule has 82 valence electrons. The van der Waals surface area contributed by atoms with E-state index in [9.17, 15) is 0 Å². The first kappa shape index (κ1) is 12.4. The lowest BCUT2D eigenvalue weighted by Gasteiger charge is -2.02. The molecule has 1 rings (SSSR count). The highest BCUT2D eigenvalue weighted by Crippen LogP contribution is 2.10. The normalized spacial score (nSPS) is 9.38. The van der Waals surface area contributed by atoms with E-state index in [2.05, 4.69) is 36.1 Å². The van der Waals surface area contributed by atoms with Crippen molar-refractivity contribution >= 4 is 0 Å². The summed E-state index contributed by atoms with van der Waals surface area (Å²) in [5, 5.41) is 0. The molecule has 0 unspecified atom stereocenters. The van der Waals surface area contributed by atoms with Crippen LogP contribution in [0.25, 0.3) is 0 Å². The van der Waals surface area contributed by atoms with Crippen molar-refractivity contribution in [1.29, 1.82) is 0 Å². The van der Waals surface area contributed by atoms with Crippen LogP contribution in [0.2, 0.25) is 0 Å². The highest BCUT2D eigenvalue weighted by Gasteiger charge is 1.95. The molecule has 0 fully saturated rings. The Morgan fingerprint density at radius 2 is 1.12 bits per heavy atom. The molecule has 0 amide bonds. The van der Waals surface area contributed by atoms with E-state index in [-0.39, 0.29) is 0 Å². The van der Waals surface area contributed by atoms with Crippen LogP contribution in [0.1, 0.15) is 36.8 Å². The van der Waals surface area contributed by atoms with Gasteiger partial charge in [-0.3, -0.25) is 0 Å².